The molecule has 8 unspecified atom stereocenters. The molecule has 34 heavy (non-hydrogen) atoms. The van der Waals surface area contributed by atoms with Crippen LogP contribution in [0.3, 0.4) is 0 Å². The van der Waals surface area contributed by atoms with E-state index < -0.39 is 0 Å². The summed E-state index contributed by atoms with van der Waals surface area (Å²) in [6, 6.07) is 0. The Morgan fingerprint density at radius 1 is 0.412 bits per heavy atom. The van der Waals surface area contributed by atoms with Gasteiger partial charge in [0.05, 0.1) is 52.7 Å². The monoisotopic (exact) mass is 480 g/mol. The van der Waals surface area contributed by atoms with Gasteiger partial charge in [-0.15, -0.1) is 0 Å². The van der Waals surface area contributed by atoms with Gasteiger partial charge in [-0.1, -0.05) is 6.42 Å². The Kier molecular flexibility index (Phi) is 6.19. The molecule has 8 atom stereocenters. The number of quaternary nitrogens is 2. The largest absolute Gasteiger partial charge is 0.367 e. The van der Waals surface area contributed by atoms with Crippen molar-refractivity contribution < 1.29 is 37.4 Å². The topological polar surface area (TPSA) is 75.2 Å². The van der Waals surface area contributed by atoms with E-state index in [1.807, 2.05) is 0 Å². The molecule has 6 saturated heterocycles. The van der Waals surface area contributed by atoms with Crippen LogP contribution in [0, 0.1) is 11.8 Å². The minimum absolute atomic E-state index is 0.455. The normalized spacial score (nSPS) is 45.2. The summed E-state index contributed by atoms with van der Waals surface area (Å²) in [4.78, 5) is 0. The van der Waals surface area contributed by atoms with Gasteiger partial charge in [0, 0.05) is 11.8 Å². The molecular formula is C26H44N2O6+2. The van der Waals surface area contributed by atoms with Crippen LogP contribution in [0.1, 0.15) is 25.7 Å². The number of epoxide rings is 6. The van der Waals surface area contributed by atoms with Gasteiger partial charge in [-0.2, -0.15) is 0 Å². The number of nitrogens with zero attached hydrogens (tertiary/aromatic N) is 2. The quantitative estimate of drug-likeness (QED) is 0.241. The molecule has 8 nitrogen and oxygen atoms in total. The predicted molar refractivity (Wildman–Crippen MR) is 123 cm³/mol. The van der Waals surface area contributed by atoms with Crippen LogP contribution in [0.25, 0.3) is 0 Å². The first-order valence-corrected chi connectivity index (χ1v) is 14.0. The summed E-state index contributed by atoms with van der Waals surface area (Å²) in [7, 11) is 0. The lowest BCUT2D eigenvalue weighted by Gasteiger charge is -2.44. The van der Waals surface area contributed by atoms with E-state index in [0.29, 0.717) is 36.6 Å². The number of hydrogen-bond acceptors (Lipinski definition) is 6. The van der Waals surface area contributed by atoms with Crippen LogP contribution in [-0.2, 0) is 28.4 Å². The molecule has 0 amide bonds. The summed E-state index contributed by atoms with van der Waals surface area (Å²) in [5.41, 5.74) is 0. The fraction of sp³-hybridized carbons (Fsp3) is 1.00. The SMILES string of the molecule is C1CC(C[N+](CC2CO2)(CC2CO2)CC2CO2)CC(C[N+](CC2CO2)(CC2CO2)CC2CO2)C1. The molecule has 1 aliphatic carbocycles. The van der Waals surface area contributed by atoms with Crippen molar-refractivity contribution in [1.29, 1.82) is 0 Å². The maximum Gasteiger partial charge on any atom is 0.130 e. The molecule has 7 fully saturated rings. The van der Waals surface area contributed by atoms with E-state index in [1.54, 1.807) is 0 Å². The molecule has 0 aromatic rings. The maximum atomic E-state index is 5.74. The van der Waals surface area contributed by atoms with Crippen molar-refractivity contribution in [1.82, 2.24) is 0 Å². The van der Waals surface area contributed by atoms with Crippen LogP contribution >= 0.6 is 0 Å². The van der Waals surface area contributed by atoms with Crippen LogP contribution in [0.4, 0.5) is 0 Å². The molecule has 0 bridgehead atoms. The molecule has 6 aliphatic heterocycles. The van der Waals surface area contributed by atoms with Crippen molar-refractivity contribution in [3.05, 3.63) is 0 Å². The minimum atomic E-state index is 0.455. The van der Waals surface area contributed by atoms with E-state index in [9.17, 15) is 0 Å². The zero-order valence-corrected chi connectivity index (χ0v) is 20.7. The second kappa shape index (κ2) is 9.21. The van der Waals surface area contributed by atoms with Crippen molar-refractivity contribution in [2.24, 2.45) is 11.8 Å². The zero-order chi connectivity index (χ0) is 22.6. The van der Waals surface area contributed by atoms with Crippen molar-refractivity contribution in [3.63, 3.8) is 0 Å². The Morgan fingerprint density at radius 3 is 0.912 bits per heavy atom. The Labute approximate surface area is 203 Å². The smallest absolute Gasteiger partial charge is 0.130 e. The van der Waals surface area contributed by atoms with E-state index in [0.717, 1.165) is 99.7 Å². The van der Waals surface area contributed by atoms with Crippen LogP contribution in [0.15, 0.2) is 0 Å². The van der Waals surface area contributed by atoms with E-state index in [4.69, 9.17) is 28.4 Å². The van der Waals surface area contributed by atoms with E-state index >= 15 is 0 Å². The summed E-state index contributed by atoms with van der Waals surface area (Å²) < 4.78 is 36.7. The zero-order valence-electron chi connectivity index (χ0n) is 20.7. The van der Waals surface area contributed by atoms with Gasteiger partial charge in [-0.25, -0.2) is 0 Å². The Morgan fingerprint density at radius 2 is 0.676 bits per heavy atom. The van der Waals surface area contributed by atoms with Crippen molar-refractivity contribution in [3.8, 4) is 0 Å². The van der Waals surface area contributed by atoms with E-state index in [2.05, 4.69) is 0 Å². The predicted octanol–water partition coefficient (Wildman–Crippen LogP) is 0.819. The average Bonchev–Trinajstić information content (AvgIpc) is 3.58. The minimum Gasteiger partial charge on any atom is -0.367 e. The molecule has 8 heteroatoms. The van der Waals surface area contributed by atoms with Gasteiger partial charge in [0.1, 0.15) is 75.9 Å². The molecule has 1 saturated carbocycles. The van der Waals surface area contributed by atoms with Crippen LogP contribution in [-0.4, -0.2) is 138 Å². The fourth-order valence-electron chi connectivity index (χ4n) is 7.36. The Bertz CT molecular complexity index is 584. The highest BCUT2D eigenvalue weighted by Crippen LogP contribution is 2.37. The molecular weight excluding hydrogens is 436 g/mol. The van der Waals surface area contributed by atoms with Crippen LogP contribution in [0.5, 0.6) is 0 Å². The Hall–Kier alpha value is -0.320. The number of ether oxygens (including phenoxy) is 6. The summed E-state index contributed by atoms with van der Waals surface area (Å²) in [5.74, 6) is 1.59. The van der Waals surface area contributed by atoms with Gasteiger partial charge < -0.3 is 37.4 Å². The third kappa shape index (κ3) is 6.51. The molecule has 0 spiro atoms. The summed E-state index contributed by atoms with van der Waals surface area (Å²) in [5, 5.41) is 0. The van der Waals surface area contributed by atoms with Gasteiger partial charge in [0.2, 0.25) is 0 Å². The maximum absolute atomic E-state index is 5.74. The fourth-order valence-corrected chi connectivity index (χ4v) is 7.36. The highest BCUT2D eigenvalue weighted by Gasteiger charge is 2.49. The second-order valence-electron chi connectivity index (χ2n) is 12.8. The molecule has 7 rings (SSSR count). The van der Waals surface area contributed by atoms with Crippen LogP contribution < -0.4 is 0 Å². The van der Waals surface area contributed by atoms with Crippen molar-refractivity contribution in [2.45, 2.75) is 62.3 Å². The van der Waals surface area contributed by atoms with Gasteiger partial charge in [-0.05, 0) is 19.3 Å². The van der Waals surface area contributed by atoms with Crippen LogP contribution in [0.2, 0.25) is 0 Å². The first-order chi connectivity index (χ1) is 16.6. The van der Waals surface area contributed by atoms with Gasteiger partial charge >= 0.3 is 0 Å². The van der Waals surface area contributed by atoms with Crippen molar-refractivity contribution in [2.75, 3.05) is 92.0 Å². The van der Waals surface area contributed by atoms with E-state index in [1.165, 1.54) is 38.8 Å². The molecule has 192 valence electrons. The third-order valence-corrected chi connectivity index (χ3v) is 9.14. The number of hydrogen-bond donors (Lipinski definition) is 0. The standard InChI is InChI=1S/C26H44N2O6/c1-2-19(5-27(7-21-13-29-21,8-22-14-30-22)9-23-15-31-23)4-20(3-1)6-28(10-24-16-32-24,11-25-17-33-25)12-26-18-34-26/h19-26H,1-18H2/q+2. The van der Waals surface area contributed by atoms with E-state index in [-0.39, 0.29) is 0 Å². The van der Waals surface area contributed by atoms with Gasteiger partial charge in [0.25, 0.3) is 0 Å². The van der Waals surface area contributed by atoms with Gasteiger partial charge in [0.15, 0.2) is 0 Å². The summed E-state index contributed by atoms with van der Waals surface area (Å²) in [6.45, 7) is 15.1. The van der Waals surface area contributed by atoms with Crippen molar-refractivity contribution >= 4 is 0 Å². The lowest BCUT2D eigenvalue weighted by atomic mass is 9.79. The molecule has 6 heterocycles. The Balaban J connectivity index is 1.03. The summed E-state index contributed by atoms with van der Waals surface area (Å²) in [6.07, 6.45) is 8.22. The second-order valence-corrected chi connectivity index (χ2v) is 12.8. The summed E-state index contributed by atoms with van der Waals surface area (Å²) >= 11 is 0. The molecule has 0 aromatic carbocycles. The van der Waals surface area contributed by atoms with Gasteiger partial charge in [-0.3, -0.25) is 0 Å². The highest BCUT2D eigenvalue weighted by molar-refractivity contribution is 4.83. The average molecular weight is 481 g/mol. The molecule has 7 aliphatic rings. The number of rotatable bonds is 16. The molecule has 0 radical (unpaired) electrons. The lowest BCUT2D eigenvalue weighted by Crippen LogP contribution is -2.59. The lowest BCUT2D eigenvalue weighted by molar-refractivity contribution is -0.935. The first kappa shape index (κ1) is 22.8. The highest BCUT2D eigenvalue weighted by atomic mass is 16.6. The first-order valence-electron chi connectivity index (χ1n) is 14.0. The molecule has 0 N–H and O–H groups in total. The third-order valence-electron chi connectivity index (χ3n) is 9.14. The molecule has 0 aromatic heterocycles.